The molecule has 1 saturated carbocycles. The van der Waals surface area contributed by atoms with Gasteiger partial charge in [0.05, 0.1) is 35.5 Å². The van der Waals surface area contributed by atoms with Gasteiger partial charge in [0.1, 0.15) is 18.5 Å². The SMILES string of the molecule is C=CC[C@H](O[C@H]1O[C@H](COC(=O)c2ccccc2)[C@@H](OC(=O)c2ccccc2)[C@H](OC(=O)c2ccccc2)[C@@H]1OC(=O)c1ccccc1)[C@@]1(C)CC[C@@H]2c3ccc(OC)cc3CC[C@H]2[C@@H]1CC=C. The van der Waals surface area contributed by atoms with Crippen LogP contribution in [0.2, 0.25) is 0 Å². The Morgan fingerprint density at radius 3 is 1.74 bits per heavy atom. The Bertz CT molecular complexity index is 2530. The summed E-state index contributed by atoms with van der Waals surface area (Å²) in [6.07, 6.45) is 0.464. The molecule has 0 N–H and O–H groups in total. The van der Waals surface area contributed by atoms with E-state index in [1.165, 1.54) is 11.1 Å². The number of hydrogen-bond donors (Lipinski definition) is 0. The molecule has 0 bridgehead atoms. The Labute approximate surface area is 398 Å². The van der Waals surface area contributed by atoms with Crippen LogP contribution in [0, 0.1) is 17.3 Å². The van der Waals surface area contributed by atoms with Gasteiger partial charge in [0.15, 0.2) is 24.6 Å². The molecular weight excluding hydrogens is 861 g/mol. The summed E-state index contributed by atoms with van der Waals surface area (Å²) in [7, 11) is 1.69. The number of carbonyl (C=O) groups excluding carboxylic acids is 4. The molecule has 0 amide bonds. The maximum absolute atomic E-state index is 14.3. The first-order valence-corrected chi connectivity index (χ1v) is 23.3. The first kappa shape index (κ1) is 47.7. The highest BCUT2D eigenvalue weighted by atomic mass is 16.7. The number of esters is 4. The van der Waals surface area contributed by atoms with Gasteiger partial charge in [-0.05, 0) is 133 Å². The first-order chi connectivity index (χ1) is 33.1. The zero-order valence-electron chi connectivity index (χ0n) is 38.5. The van der Waals surface area contributed by atoms with Crippen LogP contribution < -0.4 is 4.74 Å². The van der Waals surface area contributed by atoms with Crippen LogP contribution in [0.3, 0.4) is 0 Å². The lowest BCUT2D eigenvalue weighted by molar-refractivity contribution is -0.320. The van der Waals surface area contributed by atoms with Crippen molar-refractivity contribution in [3.8, 4) is 5.75 Å². The Morgan fingerprint density at radius 2 is 1.21 bits per heavy atom. The molecule has 0 radical (unpaired) electrons. The lowest BCUT2D eigenvalue weighted by Crippen LogP contribution is -2.64. The van der Waals surface area contributed by atoms with Crippen LogP contribution >= 0.6 is 0 Å². The van der Waals surface area contributed by atoms with Crippen molar-refractivity contribution in [3.63, 3.8) is 0 Å². The predicted octanol–water partition coefficient (Wildman–Crippen LogP) is 10.6. The van der Waals surface area contributed by atoms with Crippen molar-refractivity contribution < 1.29 is 52.3 Å². The molecule has 0 aromatic heterocycles. The van der Waals surface area contributed by atoms with Crippen LogP contribution in [0.25, 0.3) is 0 Å². The summed E-state index contributed by atoms with van der Waals surface area (Å²) in [5, 5.41) is 0. The van der Waals surface area contributed by atoms with E-state index in [1.54, 1.807) is 135 Å². The number of hydrogen-bond acceptors (Lipinski definition) is 11. The van der Waals surface area contributed by atoms with Crippen molar-refractivity contribution in [1.82, 2.24) is 0 Å². The largest absolute Gasteiger partial charge is 0.497 e. The summed E-state index contributed by atoms with van der Waals surface area (Å²) in [4.78, 5) is 56.2. The standard InChI is InChI=1S/C57H58O11/c1-5-19-46-45-31-29-41-35-42(62-4)30-32-43(41)44(45)33-34-57(46,3)48(20-6-2)65-56-51(68-55(61)40-27-17-10-18-28-40)50(67-54(60)39-25-15-9-16-26-39)49(66-53(59)38-23-13-8-14-24-38)47(64-56)36-63-52(58)37-21-11-7-12-22-37/h5-18,21-28,30,32,35,44-51,56H,1-2,19-20,29,31,33-34,36H2,3-4H3/t44-,45-,46+,47-,48+,49-,50+,51+,56-,57+/m1/s1. The van der Waals surface area contributed by atoms with Crippen molar-refractivity contribution in [3.05, 3.63) is 198 Å². The van der Waals surface area contributed by atoms with Gasteiger partial charge in [-0.2, -0.15) is 0 Å². The molecule has 1 heterocycles. The maximum Gasteiger partial charge on any atom is 0.338 e. The monoisotopic (exact) mass is 918 g/mol. The molecule has 3 aliphatic rings. The number of carbonyl (C=O) groups is 4. The summed E-state index contributed by atoms with van der Waals surface area (Å²) in [5.41, 5.74) is 3.03. The van der Waals surface area contributed by atoms with Crippen LogP contribution in [-0.2, 0) is 34.8 Å². The molecule has 2 fully saturated rings. The minimum absolute atomic E-state index is 0.0989. The highest BCUT2D eigenvalue weighted by Gasteiger charge is 2.57. The highest BCUT2D eigenvalue weighted by molar-refractivity contribution is 5.91. The molecule has 0 unspecified atom stereocenters. The normalized spacial score (nSPS) is 25.5. The lowest BCUT2D eigenvalue weighted by Gasteiger charge is -2.55. The van der Waals surface area contributed by atoms with Gasteiger partial charge in [0, 0.05) is 0 Å². The van der Waals surface area contributed by atoms with Gasteiger partial charge in [0.2, 0.25) is 0 Å². The van der Waals surface area contributed by atoms with E-state index >= 15 is 0 Å². The number of methoxy groups -OCH3 is 1. The fourth-order valence-electron chi connectivity index (χ4n) is 10.5. The average Bonchev–Trinajstić information content (AvgIpc) is 3.38. The molecule has 10 atom stereocenters. The van der Waals surface area contributed by atoms with Gasteiger partial charge in [-0.3, -0.25) is 0 Å². The molecule has 11 heteroatoms. The van der Waals surface area contributed by atoms with Crippen molar-refractivity contribution in [1.29, 1.82) is 0 Å². The van der Waals surface area contributed by atoms with Crippen molar-refractivity contribution in [2.24, 2.45) is 17.3 Å². The first-order valence-electron chi connectivity index (χ1n) is 23.3. The van der Waals surface area contributed by atoms with E-state index in [-0.39, 0.29) is 34.1 Å². The molecule has 11 nitrogen and oxygen atoms in total. The fourth-order valence-corrected chi connectivity index (χ4v) is 10.5. The number of ether oxygens (including phenoxy) is 7. The van der Waals surface area contributed by atoms with E-state index in [0.717, 1.165) is 31.4 Å². The van der Waals surface area contributed by atoms with Gasteiger partial charge < -0.3 is 33.2 Å². The summed E-state index contributed by atoms with van der Waals surface area (Å²) in [6.45, 7) is 10.1. The molecule has 8 rings (SSSR count). The molecule has 0 spiro atoms. The second-order valence-electron chi connectivity index (χ2n) is 17.9. The van der Waals surface area contributed by atoms with E-state index in [1.807, 2.05) is 12.1 Å². The number of fused-ring (bicyclic) bond motifs is 3. The second-order valence-corrected chi connectivity index (χ2v) is 17.9. The fraction of sp³-hybridized carbons (Fsp3) is 0.333. The third-order valence-corrected chi connectivity index (χ3v) is 13.9. The lowest BCUT2D eigenvalue weighted by atomic mass is 9.52. The average molecular weight is 919 g/mol. The van der Waals surface area contributed by atoms with E-state index in [2.05, 4.69) is 32.2 Å². The molecule has 352 valence electrons. The Balaban J connectivity index is 1.21. The summed E-state index contributed by atoms with van der Waals surface area (Å²) in [5.74, 6) is -1.45. The highest BCUT2D eigenvalue weighted by Crippen LogP contribution is 2.58. The molecule has 68 heavy (non-hydrogen) atoms. The summed E-state index contributed by atoms with van der Waals surface area (Å²) in [6, 6.07) is 39.8. The third-order valence-electron chi connectivity index (χ3n) is 13.9. The molecule has 5 aromatic carbocycles. The maximum atomic E-state index is 14.3. The van der Waals surface area contributed by atoms with Gasteiger partial charge in [-0.15, -0.1) is 13.2 Å². The smallest absolute Gasteiger partial charge is 0.338 e. The molecule has 1 saturated heterocycles. The predicted molar refractivity (Wildman–Crippen MR) is 255 cm³/mol. The van der Waals surface area contributed by atoms with Gasteiger partial charge in [0.25, 0.3) is 0 Å². The number of benzene rings is 5. The van der Waals surface area contributed by atoms with Crippen molar-refractivity contribution >= 4 is 23.9 Å². The summed E-state index contributed by atoms with van der Waals surface area (Å²) >= 11 is 0. The topological polar surface area (TPSA) is 133 Å². The van der Waals surface area contributed by atoms with Gasteiger partial charge in [-0.1, -0.05) is 97.9 Å². The Kier molecular flexibility index (Phi) is 15.3. The number of allylic oxidation sites excluding steroid dienone is 1. The molecular formula is C57H58O11. The molecule has 2 aliphatic carbocycles. The number of rotatable bonds is 17. The Morgan fingerprint density at radius 1 is 0.676 bits per heavy atom. The second kappa shape index (κ2) is 21.9. The zero-order valence-corrected chi connectivity index (χ0v) is 38.5. The van der Waals surface area contributed by atoms with E-state index in [0.29, 0.717) is 18.8 Å². The van der Waals surface area contributed by atoms with Crippen LogP contribution in [0.1, 0.15) is 97.5 Å². The summed E-state index contributed by atoms with van der Waals surface area (Å²) < 4.78 is 44.7. The van der Waals surface area contributed by atoms with E-state index < -0.39 is 72.7 Å². The van der Waals surface area contributed by atoms with Gasteiger partial charge in [-0.25, -0.2) is 19.2 Å². The zero-order chi connectivity index (χ0) is 47.6. The molecule has 1 aliphatic heterocycles. The quantitative estimate of drug-likeness (QED) is 0.0501. The van der Waals surface area contributed by atoms with Crippen LogP contribution in [0.15, 0.2) is 165 Å². The molecule has 5 aromatic rings. The number of aryl methyl sites for hydroxylation is 1. The van der Waals surface area contributed by atoms with Gasteiger partial charge >= 0.3 is 23.9 Å². The van der Waals surface area contributed by atoms with E-state index in [9.17, 15) is 19.2 Å². The van der Waals surface area contributed by atoms with Crippen molar-refractivity contribution in [2.45, 2.75) is 88.2 Å². The van der Waals surface area contributed by atoms with E-state index in [4.69, 9.17) is 33.2 Å². The minimum atomic E-state index is -1.55. The minimum Gasteiger partial charge on any atom is -0.497 e. The van der Waals surface area contributed by atoms with Crippen molar-refractivity contribution in [2.75, 3.05) is 13.7 Å². The van der Waals surface area contributed by atoms with Crippen LogP contribution in [0.4, 0.5) is 0 Å². The van der Waals surface area contributed by atoms with Crippen LogP contribution in [-0.4, -0.2) is 74.4 Å². The Hall–Kier alpha value is -6.82. The third kappa shape index (κ3) is 10.5. The van der Waals surface area contributed by atoms with Crippen LogP contribution in [0.5, 0.6) is 5.75 Å².